The van der Waals surface area contributed by atoms with Crippen LogP contribution in [0.25, 0.3) is 0 Å². The van der Waals surface area contributed by atoms with Crippen molar-refractivity contribution >= 4 is 10.0 Å². The van der Waals surface area contributed by atoms with E-state index in [9.17, 15) is 8.42 Å². The minimum atomic E-state index is -3.35. The predicted octanol–water partition coefficient (Wildman–Crippen LogP) is 2.55. The van der Waals surface area contributed by atoms with Gasteiger partial charge in [-0.1, -0.05) is 39.8 Å². The molecule has 21 heavy (non-hydrogen) atoms. The first-order chi connectivity index (χ1) is 9.90. The molecule has 0 heterocycles. The lowest BCUT2D eigenvalue weighted by molar-refractivity contribution is 0.397. The summed E-state index contributed by atoms with van der Waals surface area (Å²) in [7, 11) is -3.35. The molecular formula is C16H28N2O2S. The number of rotatable bonds is 9. The van der Waals surface area contributed by atoms with E-state index < -0.39 is 10.0 Å². The molecule has 1 unspecified atom stereocenters. The third-order valence-corrected chi connectivity index (χ3v) is 5.05. The Balaban J connectivity index is 2.77. The van der Waals surface area contributed by atoms with Crippen LogP contribution in [0.5, 0.6) is 0 Å². The molecule has 0 aliphatic rings. The van der Waals surface area contributed by atoms with Crippen molar-refractivity contribution in [2.75, 3.05) is 13.1 Å². The van der Waals surface area contributed by atoms with Crippen molar-refractivity contribution < 1.29 is 8.42 Å². The van der Waals surface area contributed by atoms with Gasteiger partial charge >= 0.3 is 0 Å². The van der Waals surface area contributed by atoms with Gasteiger partial charge in [-0.05, 0) is 43.0 Å². The minimum Gasteiger partial charge on any atom is -0.313 e. The van der Waals surface area contributed by atoms with Gasteiger partial charge in [-0.25, -0.2) is 13.1 Å². The maximum Gasteiger partial charge on any atom is 0.240 e. The lowest BCUT2D eigenvalue weighted by Gasteiger charge is -2.22. The Hall–Kier alpha value is -0.910. The van der Waals surface area contributed by atoms with Crippen LogP contribution in [-0.2, 0) is 16.4 Å². The molecule has 1 atom stereocenters. The second kappa shape index (κ2) is 8.51. The second-order valence-corrected chi connectivity index (χ2v) is 7.42. The maximum atomic E-state index is 11.9. The Kier molecular flexibility index (Phi) is 7.35. The van der Waals surface area contributed by atoms with Crippen molar-refractivity contribution in [3.05, 3.63) is 29.8 Å². The van der Waals surface area contributed by atoms with E-state index in [4.69, 9.17) is 0 Å². The number of nitrogens with one attached hydrogen (secondary N) is 2. The van der Waals surface area contributed by atoms with Crippen LogP contribution in [0.3, 0.4) is 0 Å². The van der Waals surface area contributed by atoms with Crippen molar-refractivity contribution in [3.8, 4) is 0 Å². The van der Waals surface area contributed by atoms with E-state index in [1.54, 1.807) is 19.1 Å². The highest BCUT2D eigenvalue weighted by Crippen LogP contribution is 2.14. The average molecular weight is 312 g/mol. The van der Waals surface area contributed by atoms with Gasteiger partial charge in [-0.15, -0.1) is 0 Å². The molecule has 0 fully saturated rings. The number of hydrogen-bond donors (Lipinski definition) is 2. The van der Waals surface area contributed by atoms with Crippen LogP contribution in [0.1, 0.15) is 39.7 Å². The van der Waals surface area contributed by atoms with Crippen LogP contribution in [0.15, 0.2) is 29.2 Å². The topological polar surface area (TPSA) is 58.2 Å². The Bertz CT molecular complexity index is 510. The molecule has 0 aliphatic carbocycles. The molecule has 120 valence electrons. The lowest BCUT2D eigenvalue weighted by Crippen LogP contribution is -2.36. The summed E-state index contributed by atoms with van der Waals surface area (Å²) in [5.74, 6) is 0.543. The van der Waals surface area contributed by atoms with Gasteiger partial charge < -0.3 is 5.32 Å². The molecule has 1 rings (SSSR count). The van der Waals surface area contributed by atoms with E-state index in [1.165, 1.54) is 0 Å². The minimum absolute atomic E-state index is 0.329. The monoisotopic (exact) mass is 312 g/mol. The van der Waals surface area contributed by atoms with E-state index in [2.05, 4.69) is 30.8 Å². The van der Waals surface area contributed by atoms with Gasteiger partial charge in [0.05, 0.1) is 4.90 Å². The Morgan fingerprint density at radius 1 is 1.10 bits per heavy atom. The van der Waals surface area contributed by atoms with Crippen LogP contribution in [0, 0.1) is 5.92 Å². The third kappa shape index (κ3) is 5.77. The third-order valence-electron chi connectivity index (χ3n) is 3.48. The molecule has 4 nitrogen and oxygen atoms in total. The van der Waals surface area contributed by atoms with Crippen molar-refractivity contribution in [1.82, 2.24) is 10.0 Å². The molecule has 0 aliphatic heterocycles. The van der Waals surface area contributed by atoms with Gasteiger partial charge in [0.2, 0.25) is 10.0 Å². The van der Waals surface area contributed by atoms with Crippen LogP contribution >= 0.6 is 0 Å². The van der Waals surface area contributed by atoms with Crippen LogP contribution in [0.4, 0.5) is 0 Å². The van der Waals surface area contributed by atoms with Crippen LogP contribution < -0.4 is 10.0 Å². The summed E-state index contributed by atoms with van der Waals surface area (Å²) in [6.45, 7) is 9.76. The summed E-state index contributed by atoms with van der Waals surface area (Å²) in [6, 6.07) is 7.61. The molecule has 5 heteroatoms. The van der Waals surface area contributed by atoms with Crippen LogP contribution in [0.2, 0.25) is 0 Å². The highest BCUT2D eigenvalue weighted by atomic mass is 32.2. The van der Waals surface area contributed by atoms with E-state index in [0.29, 0.717) is 23.4 Å². The summed E-state index contributed by atoms with van der Waals surface area (Å²) in [5.41, 5.74) is 1.16. The number of hydrogen-bond acceptors (Lipinski definition) is 3. The molecule has 1 aromatic rings. The number of benzene rings is 1. The zero-order valence-corrected chi connectivity index (χ0v) is 14.3. The van der Waals surface area contributed by atoms with E-state index in [1.807, 2.05) is 12.1 Å². The highest BCUT2D eigenvalue weighted by molar-refractivity contribution is 7.89. The molecule has 2 N–H and O–H groups in total. The summed E-state index contributed by atoms with van der Waals surface area (Å²) in [4.78, 5) is 0.329. The summed E-state index contributed by atoms with van der Waals surface area (Å²) in [6.07, 6.45) is 2.03. The SMILES string of the molecule is CCCNC(Cc1ccc(S(=O)(=O)NCC)cc1)C(C)C. The predicted molar refractivity (Wildman–Crippen MR) is 87.9 cm³/mol. The van der Waals surface area contributed by atoms with Crippen molar-refractivity contribution in [3.63, 3.8) is 0 Å². The molecular weight excluding hydrogens is 284 g/mol. The van der Waals surface area contributed by atoms with Gasteiger partial charge in [0.15, 0.2) is 0 Å². The standard InChI is InChI=1S/C16H28N2O2S/c1-5-11-17-16(13(3)4)12-14-7-9-15(10-8-14)21(19,20)18-6-2/h7-10,13,16-18H,5-6,11-12H2,1-4H3. The van der Waals surface area contributed by atoms with Gasteiger partial charge in [0.1, 0.15) is 0 Å². The van der Waals surface area contributed by atoms with E-state index >= 15 is 0 Å². The highest BCUT2D eigenvalue weighted by Gasteiger charge is 2.15. The fraction of sp³-hybridized carbons (Fsp3) is 0.625. The Morgan fingerprint density at radius 3 is 2.19 bits per heavy atom. The fourth-order valence-corrected chi connectivity index (χ4v) is 3.25. The lowest BCUT2D eigenvalue weighted by atomic mass is 9.96. The molecule has 0 radical (unpaired) electrons. The fourth-order valence-electron chi connectivity index (χ4n) is 2.21. The van der Waals surface area contributed by atoms with Crippen molar-refractivity contribution in [1.29, 1.82) is 0 Å². The number of sulfonamides is 1. The molecule has 1 aromatic carbocycles. The van der Waals surface area contributed by atoms with Crippen molar-refractivity contribution in [2.24, 2.45) is 5.92 Å². The quantitative estimate of drug-likeness (QED) is 0.737. The first-order valence-electron chi connectivity index (χ1n) is 7.72. The molecule has 0 saturated heterocycles. The average Bonchev–Trinajstić information content (AvgIpc) is 2.43. The van der Waals surface area contributed by atoms with E-state index in [-0.39, 0.29) is 0 Å². The summed E-state index contributed by atoms with van der Waals surface area (Å²) >= 11 is 0. The van der Waals surface area contributed by atoms with Gasteiger partial charge in [-0.2, -0.15) is 0 Å². The maximum absolute atomic E-state index is 11.9. The van der Waals surface area contributed by atoms with E-state index in [0.717, 1.165) is 24.9 Å². The van der Waals surface area contributed by atoms with Gasteiger partial charge in [-0.3, -0.25) is 0 Å². The zero-order valence-electron chi connectivity index (χ0n) is 13.5. The molecule has 0 saturated carbocycles. The molecule has 0 amide bonds. The Labute approximate surface area is 129 Å². The second-order valence-electron chi connectivity index (χ2n) is 5.65. The van der Waals surface area contributed by atoms with Crippen molar-refractivity contribution in [2.45, 2.75) is 51.5 Å². The zero-order chi connectivity index (χ0) is 15.9. The Morgan fingerprint density at radius 2 is 1.71 bits per heavy atom. The molecule has 0 bridgehead atoms. The largest absolute Gasteiger partial charge is 0.313 e. The molecule has 0 spiro atoms. The molecule has 0 aromatic heterocycles. The van der Waals surface area contributed by atoms with Crippen LogP contribution in [-0.4, -0.2) is 27.5 Å². The normalized spacial score (nSPS) is 13.6. The first kappa shape index (κ1) is 18.1. The van der Waals surface area contributed by atoms with Gasteiger partial charge in [0, 0.05) is 12.6 Å². The first-order valence-corrected chi connectivity index (χ1v) is 9.21. The summed E-state index contributed by atoms with van der Waals surface area (Å²) in [5, 5.41) is 3.55. The van der Waals surface area contributed by atoms with Gasteiger partial charge in [0.25, 0.3) is 0 Å². The summed E-state index contributed by atoms with van der Waals surface area (Å²) < 4.78 is 26.3. The smallest absolute Gasteiger partial charge is 0.240 e.